The van der Waals surface area contributed by atoms with Gasteiger partial charge in [-0.1, -0.05) is 30.3 Å². The number of aromatic carboxylic acids is 1. The number of aryl methyl sites for hydroxylation is 1. The Labute approximate surface area is 122 Å². The second-order valence-corrected chi connectivity index (χ2v) is 4.58. The lowest BCUT2D eigenvalue weighted by Gasteiger charge is -2.06. The SMILES string of the molecule is O=C(CCn1nccc1C(=O)O)NCCc1ccccc1. The molecular formula is C15H17N3O3. The lowest BCUT2D eigenvalue weighted by molar-refractivity contribution is -0.121. The molecule has 1 aromatic heterocycles. The fourth-order valence-corrected chi connectivity index (χ4v) is 1.98. The van der Waals surface area contributed by atoms with Crippen LogP contribution >= 0.6 is 0 Å². The first-order chi connectivity index (χ1) is 10.2. The molecule has 0 fully saturated rings. The number of nitrogens with one attached hydrogen (secondary N) is 1. The average Bonchev–Trinajstić information content (AvgIpc) is 2.95. The highest BCUT2D eigenvalue weighted by atomic mass is 16.4. The third kappa shape index (κ3) is 4.45. The quantitative estimate of drug-likeness (QED) is 0.804. The van der Waals surface area contributed by atoms with Gasteiger partial charge in [0.25, 0.3) is 0 Å². The van der Waals surface area contributed by atoms with Gasteiger partial charge in [0, 0.05) is 19.2 Å². The summed E-state index contributed by atoms with van der Waals surface area (Å²) in [7, 11) is 0. The van der Waals surface area contributed by atoms with Crippen molar-refractivity contribution in [2.45, 2.75) is 19.4 Å². The van der Waals surface area contributed by atoms with Crippen molar-refractivity contribution in [3.8, 4) is 0 Å². The topological polar surface area (TPSA) is 84.2 Å². The largest absolute Gasteiger partial charge is 0.477 e. The van der Waals surface area contributed by atoms with Crippen molar-refractivity contribution in [3.05, 3.63) is 53.9 Å². The number of carbonyl (C=O) groups excluding carboxylic acids is 1. The third-order valence-electron chi connectivity index (χ3n) is 3.06. The zero-order chi connectivity index (χ0) is 15.1. The first kappa shape index (κ1) is 14.8. The Morgan fingerprint density at radius 1 is 1.19 bits per heavy atom. The molecule has 2 N–H and O–H groups in total. The van der Waals surface area contributed by atoms with E-state index in [0.29, 0.717) is 6.54 Å². The average molecular weight is 287 g/mol. The lowest BCUT2D eigenvalue weighted by atomic mass is 10.1. The van der Waals surface area contributed by atoms with Crippen molar-refractivity contribution in [2.24, 2.45) is 0 Å². The van der Waals surface area contributed by atoms with Crippen molar-refractivity contribution in [1.82, 2.24) is 15.1 Å². The van der Waals surface area contributed by atoms with Gasteiger partial charge < -0.3 is 10.4 Å². The number of nitrogens with zero attached hydrogens (tertiary/aromatic N) is 2. The van der Waals surface area contributed by atoms with E-state index in [9.17, 15) is 9.59 Å². The maximum Gasteiger partial charge on any atom is 0.354 e. The van der Waals surface area contributed by atoms with Crippen LogP contribution in [0, 0.1) is 0 Å². The predicted octanol–water partition coefficient (Wildman–Crippen LogP) is 1.33. The highest BCUT2D eigenvalue weighted by Gasteiger charge is 2.11. The van der Waals surface area contributed by atoms with E-state index in [1.54, 1.807) is 0 Å². The molecule has 0 aliphatic heterocycles. The third-order valence-corrected chi connectivity index (χ3v) is 3.06. The van der Waals surface area contributed by atoms with Gasteiger partial charge in [-0.3, -0.25) is 9.48 Å². The Hall–Kier alpha value is -2.63. The number of benzene rings is 1. The maximum atomic E-state index is 11.7. The van der Waals surface area contributed by atoms with Crippen LogP contribution in [0.15, 0.2) is 42.6 Å². The standard InChI is InChI=1S/C15H17N3O3/c19-14(16-9-6-12-4-2-1-3-5-12)8-11-18-13(15(20)21)7-10-17-18/h1-5,7,10H,6,8-9,11H2,(H,16,19)(H,20,21). The number of carboxylic acid groups (broad SMARTS) is 1. The number of hydrogen-bond donors (Lipinski definition) is 2. The molecule has 0 atom stereocenters. The van der Waals surface area contributed by atoms with Crippen LogP contribution in [0.5, 0.6) is 0 Å². The van der Waals surface area contributed by atoms with Crippen molar-refractivity contribution in [3.63, 3.8) is 0 Å². The zero-order valence-electron chi connectivity index (χ0n) is 11.5. The van der Waals surface area contributed by atoms with Crippen LogP contribution < -0.4 is 5.32 Å². The van der Waals surface area contributed by atoms with Crippen LogP contribution in [-0.2, 0) is 17.8 Å². The minimum atomic E-state index is -1.04. The second kappa shape index (κ2) is 7.23. The summed E-state index contributed by atoms with van der Waals surface area (Å²) in [5.41, 5.74) is 1.25. The van der Waals surface area contributed by atoms with Gasteiger partial charge in [-0.15, -0.1) is 0 Å². The van der Waals surface area contributed by atoms with E-state index in [0.717, 1.165) is 12.0 Å². The summed E-state index contributed by atoms with van der Waals surface area (Å²) in [6.45, 7) is 0.819. The molecule has 0 aliphatic carbocycles. The van der Waals surface area contributed by atoms with Crippen molar-refractivity contribution in [2.75, 3.05) is 6.54 Å². The molecule has 110 valence electrons. The van der Waals surface area contributed by atoms with Gasteiger partial charge in [0.1, 0.15) is 5.69 Å². The fourth-order valence-electron chi connectivity index (χ4n) is 1.98. The second-order valence-electron chi connectivity index (χ2n) is 4.58. The van der Waals surface area contributed by atoms with E-state index >= 15 is 0 Å². The maximum absolute atomic E-state index is 11.7. The summed E-state index contributed by atoms with van der Waals surface area (Å²) in [5, 5.41) is 15.6. The predicted molar refractivity (Wildman–Crippen MR) is 77.0 cm³/mol. The van der Waals surface area contributed by atoms with Gasteiger partial charge in [-0.25, -0.2) is 4.79 Å². The van der Waals surface area contributed by atoms with Gasteiger partial charge in [-0.2, -0.15) is 5.10 Å². The van der Waals surface area contributed by atoms with E-state index in [1.165, 1.54) is 16.9 Å². The first-order valence-electron chi connectivity index (χ1n) is 6.72. The summed E-state index contributed by atoms with van der Waals surface area (Å²) < 4.78 is 1.32. The Morgan fingerprint density at radius 2 is 1.95 bits per heavy atom. The summed E-state index contributed by atoms with van der Waals surface area (Å²) in [5.74, 6) is -1.16. The minimum absolute atomic E-state index is 0.0899. The number of aromatic nitrogens is 2. The van der Waals surface area contributed by atoms with Crippen molar-refractivity contribution < 1.29 is 14.7 Å². The Kier molecular flexibility index (Phi) is 5.09. The summed E-state index contributed by atoms with van der Waals surface area (Å²) in [4.78, 5) is 22.6. The Bertz CT molecular complexity index is 608. The van der Waals surface area contributed by atoms with Crippen LogP contribution in [0.4, 0.5) is 0 Å². The van der Waals surface area contributed by atoms with Crippen LogP contribution in [0.1, 0.15) is 22.5 Å². The van der Waals surface area contributed by atoms with Gasteiger partial charge >= 0.3 is 5.97 Å². The molecule has 6 heteroatoms. The van der Waals surface area contributed by atoms with E-state index in [4.69, 9.17) is 5.11 Å². The number of rotatable bonds is 7. The van der Waals surface area contributed by atoms with Gasteiger partial charge in [0.15, 0.2) is 0 Å². The zero-order valence-corrected chi connectivity index (χ0v) is 11.5. The number of amides is 1. The molecule has 1 heterocycles. The summed E-state index contributed by atoms with van der Waals surface area (Å²) in [6, 6.07) is 11.3. The van der Waals surface area contributed by atoms with E-state index in [1.807, 2.05) is 30.3 Å². The number of carboxylic acids is 1. The van der Waals surface area contributed by atoms with Crippen LogP contribution in [0.3, 0.4) is 0 Å². The number of carbonyl (C=O) groups is 2. The molecule has 0 saturated heterocycles. The molecule has 0 bridgehead atoms. The Morgan fingerprint density at radius 3 is 2.67 bits per heavy atom. The smallest absolute Gasteiger partial charge is 0.354 e. The van der Waals surface area contributed by atoms with Crippen LogP contribution in [0.25, 0.3) is 0 Å². The minimum Gasteiger partial charge on any atom is -0.477 e. The summed E-state index contributed by atoms with van der Waals surface area (Å²) in [6.07, 6.45) is 2.39. The monoisotopic (exact) mass is 287 g/mol. The van der Waals surface area contributed by atoms with Gasteiger partial charge in [0.2, 0.25) is 5.91 Å². The lowest BCUT2D eigenvalue weighted by Crippen LogP contribution is -2.27. The molecule has 21 heavy (non-hydrogen) atoms. The fraction of sp³-hybridized carbons (Fsp3) is 0.267. The van der Waals surface area contributed by atoms with Gasteiger partial charge in [-0.05, 0) is 18.1 Å². The molecule has 0 spiro atoms. The molecule has 0 aliphatic rings. The van der Waals surface area contributed by atoms with Crippen molar-refractivity contribution in [1.29, 1.82) is 0 Å². The van der Waals surface area contributed by atoms with E-state index in [2.05, 4.69) is 10.4 Å². The first-order valence-corrected chi connectivity index (χ1v) is 6.72. The van der Waals surface area contributed by atoms with Crippen molar-refractivity contribution >= 4 is 11.9 Å². The molecule has 6 nitrogen and oxygen atoms in total. The molecule has 0 saturated carbocycles. The molecule has 0 unspecified atom stereocenters. The van der Waals surface area contributed by atoms with E-state index < -0.39 is 5.97 Å². The van der Waals surface area contributed by atoms with Crippen LogP contribution in [0.2, 0.25) is 0 Å². The molecule has 1 aromatic carbocycles. The van der Waals surface area contributed by atoms with E-state index in [-0.39, 0.29) is 24.6 Å². The number of hydrogen-bond acceptors (Lipinski definition) is 3. The van der Waals surface area contributed by atoms with Gasteiger partial charge in [0.05, 0.1) is 6.54 Å². The molecule has 1 amide bonds. The molecule has 2 rings (SSSR count). The summed E-state index contributed by atoms with van der Waals surface area (Å²) >= 11 is 0. The molecule has 0 radical (unpaired) electrons. The highest BCUT2D eigenvalue weighted by Crippen LogP contribution is 2.01. The molecular weight excluding hydrogens is 270 g/mol. The molecule has 2 aromatic rings. The Balaban J connectivity index is 1.72. The normalized spacial score (nSPS) is 10.3. The highest BCUT2D eigenvalue weighted by molar-refractivity contribution is 5.85. The van der Waals surface area contributed by atoms with Crippen LogP contribution in [-0.4, -0.2) is 33.3 Å².